The lowest BCUT2D eigenvalue weighted by atomic mass is 10.2. The van der Waals surface area contributed by atoms with E-state index in [9.17, 15) is 4.79 Å². The molecular formula is C23H23N7O. The molecule has 4 rings (SSSR count). The number of benzene rings is 1. The van der Waals surface area contributed by atoms with Gasteiger partial charge in [-0.05, 0) is 44.0 Å². The third-order valence-corrected chi connectivity index (χ3v) is 4.73. The van der Waals surface area contributed by atoms with Crippen molar-refractivity contribution in [1.82, 2.24) is 19.4 Å². The molecule has 0 fully saturated rings. The van der Waals surface area contributed by atoms with Crippen LogP contribution in [-0.4, -0.2) is 25.6 Å². The molecule has 0 aliphatic carbocycles. The Labute approximate surface area is 179 Å². The summed E-state index contributed by atoms with van der Waals surface area (Å²) in [5.74, 6) is 0.840. The molecule has 0 aliphatic rings. The monoisotopic (exact) mass is 413 g/mol. The molecule has 8 nitrogen and oxygen atoms in total. The van der Waals surface area contributed by atoms with Crippen molar-refractivity contribution in [2.24, 2.45) is 5.10 Å². The average molecular weight is 413 g/mol. The quantitative estimate of drug-likeness (QED) is 0.371. The first-order valence-corrected chi connectivity index (χ1v) is 9.92. The van der Waals surface area contributed by atoms with Gasteiger partial charge in [-0.2, -0.15) is 5.10 Å². The zero-order chi connectivity index (χ0) is 21.8. The van der Waals surface area contributed by atoms with Crippen LogP contribution in [0.25, 0.3) is 5.65 Å². The number of anilines is 2. The number of hydrazone groups is 1. The molecule has 0 saturated carbocycles. The highest BCUT2D eigenvalue weighted by Gasteiger charge is 2.12. The molecule has 0 amide bonds. The Kier molecular flexibility index (Phi) is 5.70. The van der Waals surface area contributed by atoms with Gasteiger partial charge in [0.25, 0.3) is 5.56 Å². The van der Waals surface area contributed by atoms with Gasteiger partial charge in [-0.1, -0.05) is 36.4 Å². The van der Waals surface area contributed by atoms with Gasteiger partial charge >= 0.3 is 0 Å². The summed E-state index contributed by atoms with van der Waals surface area (Å²) in [5.41, 5.74) is 7.20. The lowest BCUT2D eigenvalue weighted by Gasteiger charge is -2.12. The fourth-order valence-electron chi connectivity index (χ4n) is 3.27. The molecule has 1 aromatic carbocycles. The maximum absolute atomic E-state index is 13.2. The fraction of sp³-hybridized carbons (Fsp3) is 0.174. The molecule has 156 valence electrons. The van der Waals surface area contributed by atoms with Gasteiger partial charge in [0.1, 0.15) is 17.0 Å². The van der Waals surface area contributed by atoms with E-state index in [4.69, 9.17) is 4.98 Å². The summed E-state index contributed by atoms with van der Waals surface area (Å²) in [6.45, 7) is 6.23. The number of hydrogen-bond donors (Lipinski definition) is 2. The lowest BCUT2D eigenvalue weighted by molar-refractivity contribution is 1.01. The molecule has 0 saturated heterocycles. The molecule has 4 aromatic rings. The molecule has 0 spiro atoms. The van der Waals surface area contributed by atoms with Gasteiger partial charge in [0.05, 0.1) is 6.21 Å². The third kappa shape index (κ3) is 4.58. The van der Waals surface area contributed by atoms with Crippen LogP contribution in [0, 0.1) is 20.8 Å². The maximum Gasteiger partial charge on any atom is 0.268 e. The molecule has 31 heavy (non-hydrogen) atoms. The molecule has 3 heterocycles. The van der Waals surface area contributed by atoms with Crippen LogP contribution in [0.2, 0.25) is 0 Å². The van der Waals surface area contributed by atoms with Gasteiger partial charge in [0.2, 0.25) is 5.95 Å². The first kappa shape index (κ1) is 20.2. The molecule has 8 heteroatoms. The Morgan fingerprint density at radius 2 is 1.74 bits per heavy atom. The molecule has 3 aromatic heterocycles. The molecule has 0 bridgehead atoms. The SMILES string of the molecule is Cc1cc(C)nc(NN=Cc2c(NCc3ccccc3)nc3c(C)cccn3c2=O)n1. The Hall–Kier alpha value is -4.07. The smallest absolute Gasteiger partial charge is 0.268 e. The van der Waals surface area contributed by atoms with E-state index in [0.29, 0.717) is 29.5 Å². The fourth-order valence-corrected chi connectivity index (χ4v) is 3.27. The zero-order valence-electron chi connectivity index (χ0n) is 17.6. The predicted octanol–water partition coefficient (Wildman–Crippen LogP) is 3.47. The van der Waals surface area contributed by atoms with Gasteiger partial charge in [0, 0.05) is 24.1 Å². The van der Waals surface area contributed by atoms with E-state index >= 15 is 0 Å². The van der Waals surface area contributed by atoms with E-state index < -0.39 is 0 Å². The van der Waals surface area contributed by atoms with Crippen molar-refractivity contribution in [1.29, 1.82) is 0 Å². The lowest BCUT2D eigenvalue weighted by Crippen LogP contribution is -2.23. The summed E-state index contributed by atoms with van der Waals surface area (Å²) < 4.78 is 1.53. The van der Waals surface area contributed by atoms with E-state index in [2.05, 4.69) is 25.8 Å². The number of nitrogens with one attached hydrogen (secondary N) is 2. The summed E-state index contributed by atoms with van der Waals surface area (Å²) in [6.07, 6.45) is 3.16. The number of fused-ring (bicyclic) bond motifs is 1. The number of rotatable bonds is 6. The molecule has 0 aliphatic heterocycles. The van der Waals surface area contributed by atoms with E-state index in [-0.39, 0.29) is 5.56 Å². The number of nitrogens with zero attached hydrogens (tertiary/aromatic N) is 5. The number of aromatic nitrogens is 4. The second-order valence-electron chi connectivity index (χ2n) is 7.25. The van der Waals surface area contributed by atoms with E-state index in [1.165, 1.54) is 10.6 Å². The molecule has 0 atom stereocenters. The van der Waals surface area contributed by atoms with Gasteiger partial charge in [0.15, 0.2) is 0 Å². The molecular weight excluding hydrogens is 390 g/mol. The maximum atomic E-state index is 13.2. The summed E-state index contributed by atoms with van der Waals surface area (Å²) in [4.78, 5) is 26.5. The normalized spacial score (nSPS) is 11.2. The van der Waals surface area contributed by atoms with Crippen molar-refractivity contribution in [2.45, 2.75) is 27.3 Å². The Balaban J connectivity index is 1.70. The van der Waals surface area contributed by atoms with E-state index in [1.807, 2.05) is 69.3 Å². The second kappa shape index (κ2) is 8.74. The Morgan fingerprint density at radius 3 is 2.48 bits per heavy atom. The Morgan fingerprint density at radius 1 is 1.00 bits per heavy atom. The minimum atomic E-state index is -0.212. The summed E-state index contributed by atoms with van der Waals surface area (Å²) in [7, 11) is 0. The number of hydrogen-bond acceptors (Lipinski definition) is 7. The van der Waals surface area contributed by atoms with Crippen molar-refractivity contribution in [3.63, 3.8) is 0 Å². The largest absolute Gasteiger partial charge is 0.365 e. The standard InChI is InChI=1S/C23H23N7O/c1-15-8-7-11-30-21(15)28-20(24-13-18-9-5-4-6-10-18)19(22(30)31)14-25-29-23-26-16(2)12-17(3)27-23/h4-12,14,24H,13H2,1-3H3,(H,26,27,29). The van der Waals surface area contributed by atoms with E-state index in [1.54, 1.807) is 6.20 Å². The van der Waals surface area contributed by atoms with Gasteiger partial charge < -0.3 is 5.32 Å². The molecule has 0 radical (unpaired) electrons. The minimum absolute atomic E-state index is 0.212. The van der Waals surface area contributed by atoms with Crippen LogP contribution in [0.15, 0.2) is 64.6 Å². The predicted molar refractivity (Wildman–Crippen MR) is 123 cm³/mol. The first-order valence-electron chi connectivity index (χ1n) is 9.92. The average Bonchev–Trinajstić information content (AvgIpc) is 2.75. The summed E-state index contributed by atoms with van der Waals surface area (Å²) in [6, 6.07) is 15.6. The van der Waals surface area contributed by atoms with Crippen LogP contribution in [0.4, 0.5) is 11.8 Å². The van der Waals surface area contributed by atoms with Crippen LogP contribution in [0.5, 0.6) is 0 Å². The summed E-state index contributed by atoms with van der Waals surface area (Å²) in [5, 5.41) is 7.49. The molecule has 0 unspecified atom stereocenters. The van der Waals surface area contributed by atoms with Gasteiger partial charge in [-0.25, -0.2) is 20.4 Å². The summed E-state index contributed by atoms with van der Waals surface area (Å²) >= 11 is 0. The third-order valence-electron chi connectivity index (χ3n) is 4.73. The number of pyridine rings is 1. The highest BCUT2D eigenvalue weighted by Crippen LogP contribution is 2.14. The van der Waals surface area contributed by atoms with Crippen LogP contribution >= 0.6 is 0 Å². The van der Waals surface area contributed by atoms with Gasteiger partial charge in [-0.15, -0.1) is 0 Å². The number of aryl methyl sites for hydroxylation is 3. The van der Waals surface area contributed by atoms with Crippen LogP contribution in [-0.2, 0) is 6.54 Å². The van der Waals surface area contributed by atoms with Crippen LogP contribution < -0.4 is 16.3 Å². The van der Waals surface area contributed by atoms with Crippen molar-refractivity contribution in [3.05, 3.63) is 93.2 Å². The van der Waals surface area contributed by atoms with Crippen molar-refractivity contribution >= 4 is 23.6 Å². The highest BCUT2D eigenvalue weighted by molar-refractivity contribution is 5.87. The minimum Gasteiger partial charge on any atom is -0.365 e. The highest BCUT2D eigenvalue weighted by atomic mass is 16.1. The molecule has 2 N–H and O–H groups in total. The first-order chi connectivity index (χ1) is 15.0. The van der Waals surface area contributed by atoms with Crippen molar-refractivity contribution < 1.29 is 0 Å². The van der Waals surface area contributed by atoms with Crippen LogP contribution in [0.1, 0.15) is 28.1 Å². The second-order valence-corrected chi connectivity index (χ2v) is 7.25. The Bertz CT molecular complexity index is 1290. The van der Waals surface area contributed by atoms with Crippen molar-refractivity contribution in [3.8, 4) is 0 Å². The van der Waals surface area contributed by atoms with Gasteiger partial charge in [-0.3, -0.25) is 9.20 Å². The van der Waals surface area contributed by atoms with E-state index in [0.717, 1.165) is 22.5 Å². The topological polar surface area (TPSA) is 96.6 Å². The zero-order valence-corrected chi connectivity index (χ0v) is 17.6. The van der Waals surface area contributed by atoms with Crippen molar-refractivity contribution in [2.75, 3.05) is 10.7 Å². The van der Waals surface area contributed by atoms with Crippen LogP contribution in [0.3, 0.4) is 0 Å².